The fourth-order valence-corrected chi connectivity index (χ4v) is 3.04. The molecule has 0 radical (unpaired) electrons. The molecule has 1 atom stereocenters. The quantitative estimate of drug-likeness (QED) is 0.811. The zero-order chi connectivity index (χ0) is 12.3. The van der Waals surface area contributed by atoms with Crippen LogP contribution in [-0.2, 0) is 11.3 Å². The van der Waals surface area contributed by atoms with E-state index in [9.17, 15) is 0 Å². The second-order valence-corrected chi connectivity index (χ2v) is 5.63. The fourth-order valence-electron chi connectivity index (χ4n) is 1.92. The van der Waals surface area contributed by atoms with Gasteiger partial charge in [0.05, 0.1) is 5.69 Å². The highest BCUT2D eigenvalue weighted by Gasteiger charge is 2.30. The maximum atomic E-state index is 5.63. The summed E-state index contributed by atoms with van der Waals surface area (Å²) >= 11 is 1.82. The second-order valence-electron chi connectivity index (χ2n) is 4.51. The first-order valence-electron chi connectivity index (χ1n) is 6.58. The number of nitrogens with zero attached hydrogens (tertiary/aromatic N) is 1. The predicted octanol–water partition coefficient (Wildman–Crippen LogP) is 3.23. The highest BCUT2D eigenvalue weighted by molar-refractivity contribution is 7.11. The van der Waals surface area contributed by atoms with Gasteiger partial charge in [-0.1, -0.05) is 6.92 Å². The van der Waals surface area contributed by atoms with Gasteiger partial charge in [-0.25, -0.2) is 4.98 Å². The molecule has 96 valence electrons. The van der Waals surface area contributed by atoms with Crippen LogP contribution in [-0.4, -0.2) is 18.1 Å². The van der Waals surface area contributed by atoms with E-state index in [0.717, 1.165) is 30.6 Å². The molecule has 0 saturated heterocycles. The Bertz CT molecular complexity index is 360. The first kappa shape index (κ1) is 13.0. The van der Waals surface area contributed by atoms with Gasteiger partial charge in [0.25, 0.3) is 0 Å². The van der Waals surface area contributed by atoms with Crippen molar-refractivity contribution in [2.24, 2.45) is 0 Å². The summed E-state index contributed by atoms with van der Waals surface area (Å²) < 4.78 is 5.63. The maximum absolute atomic E-state index is 5.63. The summed E-state index contributed by atoms with van der Waals surface area (Å²) in [4.78, 5) is 6.21. The highest BCUT2D eigenvalue weighted by Crippen LogP contribution is 2.43. The summed E-state index contributed by atoms with van der Waals surface area (Å²) in [5, 5.41) is 4.54. The van der Waals surface area contributed by atoms with Crippen LogP contribution in [0.3, 0.4) is 0 Å². The van der Waals surface area contributed by atoms with Crippen LogP contribution in [0.25, 0.3) is 0 Å². The summed E-state index contributed by atoms with van der Waals surface area (Å²) in [6.07, 6.45) is 2.76. The van der Waals surface area contributed by atoms with Crippen molar-refractivity contribution in [2.45, 2.75) is 52.2 Å². The van der Waals surface area contributed by atoms with Crippen molar-refractivity contribution < 1.29 is 4.74 Å². The summed E-state index contributed by atoms with van der Waals surface area (Å²) in [5.74, 6) is 0.725. The molecule has 0 bridgehead atoms. The number of hydrogen-bond acceptors (Lipinski definition) is 4. The Labute approximate surface area is 108 Å². The van der Waals surface area contributed by atoms with Gasteiger partial charge >= 0.3 is 0 Å². The number of rotatable bonds is 7. The minimum absolute atomic E-state index is 0.137. The van der Waals surface area contributed by atoms with Gasteiger partial charge in [-0.15, -0.1) is 11.3 Å². The zero-order valence-corrected chi connectivity index (χ0v) is 11.8. The Morgan fingerprint density at radius 3 is 2.82 bits per heavy atom. The van der Waals surface area contributed by atoms with Crippen molar-refractivity contribution in [1.29, 1.82) is 0 Å². The molecule has 1 aliphatic carbocycles. The van der Waals surface area contributed by atoms with E-state index in [1.807, 2.05) is 18.3 Å². The maximum Gasteiger partial charge on any atom is 0.122 e. The lowest BCUT2D eigenvalue weighted by Crippen LogP contribution is -2.11. The zero-order valence-electron chi connectivity index (χ0n) is 11.0. The van der Waals surface area contributed by atoms with E-state index in [4.69, 9.17) is 9.72 Å². The molecular weight excluding hydrogens is 232 g/mol. The molecule has 1 unspecified atom stereocenters. The summed E-state index contributed by atoms with van der Waals surface area (Å²) in [6.45, 7) is 8.99. The summed E-state index contributed by atoms with van der Waals surface area (Å²) in [6, 6.07) is 0. The molecule has 1 heterocycles. The van der Waals surface area contributed by atoms with Crippen LogP contribution in [0.2, 0.25) is 0 Å². The van der Waals surface area contributed by atoms with Crippen LogP contribution in [0, 0.1) is 0 Å². The molecule has 1 aromatic rings. The molecular formula is C13H22N2OS. The first-order chi connectivity index (χ1) is 8.26. The number of thiazole rings is 1. The van der Waals surface area contributed by atoms with E-state index in [2.05, 4.69) is 19.2 Å². The van der Waals surface area contributed by atoms with Crippen molar-refractivity contribution in [3.63, 3.8) is 0 Å². The van der Waals surface area contributed by atoms with Gasteiger partial charge in [0.15, 0.2) is 0 Å². The van der Waals surface area contributed by atoms with Crippen molar-refractivity contribution >= 4 is 11.3 Å². The lowest BCUT2D eigenvalue weighted by molar-refractivity contribution is 0.0761. The molecule has 17 heavy (non-hydrogen) atoms. The Morgan fingerprint density at radius 2 is 2.24 bits per heavy atom. The fraction of sp³-hybridized carbons (Fsp3) is 0.769. The van der Waals surface area contributed by atoms with Crippen molar-refractivity contribution in [2.75, 3.05) is 13.2 Å². The van der Waals surface area contributed by atoms with Crippen molar-refractivity contribution in [3.8, 4) is 0 Å². The Morgan fingerprint density at radius 1 is 1.47 bits per heavy atom. The second kappa shape index (κ2) is 5.94. The molecule has 0 spiro atoms. The van der Waals surface area contributed by atoms with E-state index in [1.165, 1.54) is 23.4 Å². The van der Waals surface area contributed by atoms with Gasteiger partial charge in [0.2, 0.25) is 0 Å². The number of aromatic nitrogens is 1. The topological polar surface area (TPSA) is 34.1 Å². The minimum Gasteiger partial charge on any atom is -0.372 e. The number of nitrogens with one attached hydrogen (secondary N) is 1. The lowest BCUT2D eigenvalue weighted by Gasteiger charge is -2.06. The van der Waals surface area contributed by atoms with Crippen LogP contribution in [0.1, 0.15) is 61.2 Å². The molecule has 3 nitrogen and oxygen atoms in total. The molecule has 4 heteroatoms. The third-order valence-electron chi connectivity index (χ3n) is 3.01. The van der Waals surface area contributed by atoms with Crippen LogP contribution >= 0.6 is 11.3 Å². The Balaban J connectivity index is 2.12. The molecule has 2 rings (SSSR count). The number of hydrogen-bond donors (Lipinski definition) is 1. The molecule has 1 aliphatic rings. The van der Waals surface area contributed by atoms with Gasteiger partial charge in [0, 0.05) is 23.9 Å². The van der Waals surface area contributed by atoms with Gasteiger partial charge in [-0.2, -0.15) is 0 Å². The minimum atomic E-state index is 0.137. The monoisotopic (exact) mass is 254 g/mol. The molecule has 1 N–H and O–H groups in total. The molecule has 0 amide bonds. The van der Waals surface area contributed by atoms with E-state index in [1.54, 1.807) is 0 Å². The highest BCUT2D eigenvalue weighted by atomic mass is 32.1. The standard InChI is InChI=1S/C13H22N2OS/c1-4-14-8-11-12(10-6-7-10)15-13(17-11)9(3)16-5-2/h9-10,14H,4-8H2,1-3H3. The molecule has 1 saturated carbocycles. The lowest BCUT2D eigenvalue weighted by atomic mass is 10.2. The molecule has 1 aromatic heterocycles. The normalized spacial score (nSPS) is 17.4. The van der Waals surface area contributed by atoms with E-state index in [-0.39, 0.29) is 6.10 Å². The SMILES string of the molecule is CCNCc1sc(C(C)OCC)nc1C1CC1. The van der Waals surface area contributed by atoms with Crippen LogP contribution < -0.4 is 5.32 Å². The van der Waals surface area contributed by atoms with Gasteiger partial charge in [-0.3, -0.25) is 0 Å². The van der Waals surface area contributed by atoms with Gasteiger partial charge in [0.1, 0.15) is 11.1 Å². The summed E-state index contributed by atoms with van der Waals surface area (Å²) in [5.41, 5.74) is 1.33. The van der Waals surface area contributed by atoms with Gasteiger partial charge in [-0.05, 0) is 33.2 Å². The number of ether oxygens (including phenoxy) is 1. The third kappa shape index (κ3) is 3.27. The molecule has 0 aromatic carbocycles. The first-order valence-corrected chi connectivity index (χ1v) is 7.39. The smallest absolute Gasteiger partial charge is 0.122 e. The van der Waals surface area contributed by atoms with E-state index in [0.29, 0.717) is 0 Å². The van der Waals surface area contributed by atoms with Crippen molar-refractivity contribution in [3.05, 3.63) is 15.6 Å². The van der Waals surface area contributed by atoms with E-state index >= 15 is 0 Å². The van der Waals surface area contributed by atoms with Crippen LogP contribution in [0.5, 0.6) is 0 Å². The van der Waals surface area contributed by atoms with Crippen LogP contribution in [0.4, 0.5) is 0 Å². The predicted molar refractivity (Wildman–Crippen MR) is 71.5 cm³/mol. The van der Waals surface area contributed by atoms with E-state index < -0.39 is 0 Å². The molecule has 1 fully saturated rings. The largest absolute Gasteiger partial charge is 0.372 e. The summed E-state index contributed by atoms with van der Waals surface area (Å²) in [7, 11) is 0. The Hall–Kier alpha value is -0.450. The van der Waals surface area contributed by atoms with Crippen LogP contribution in [0.15, 0.2) is 0 Å². The van der Waals surface area contributed by atoms with Crippen molar-refractivity contribution in [1.82, 2.24) is 10.3 Å². The Kier molecular flexibility index (Phi) is 4.54. The average molecular weight is 254 g/mol. The average Bonchev–Trinajstić information content (AvgIpc) is 3.07. The molecule has 0 aliphatic heterocycles. The van der Waals surface area contributed by atoms with Gasteiger partial charge < -0.3 is 10.1 Å². The third-order valence-corrected chi connectivity index (χ3v) is 4.24.